The van der Waals surface area contributed by atoms with Crippen LogP contribution in [-0.4, -0.2) is 91.6 Å². The SMILES string of the molecule is CN1CCN(C(=O)N2CCc3sc(OCCCN4CCCCC4)cc3C2)CC1. The van der Waals surface area contributed by atoms with Crippen LogP contribution in [0.25, 0.3) is 0 Å². The second-order valence-corrected chi connectivity index (χ2v) is 9.46. The fourth-order valence-corrected chi connectivity index (χ4v) is 5.42. The van der Waals surface area contributed by atoms with Crippen molar-refractivity contribution in [2.75, 3.05) is 66.0 Å². The molecule has 2 saturated heterocycles. The van der Waals surface area contributed by atoms with Gasteiger partial charge in [0.05, 0.1) is 6.61 Å². The van der Waals surface area contributed by atoms with Gasteiger partial charge in [0.15, 0.2) is 5.06 Å². The summed E-state index contributed by atoms with van der Waals surface area (Å²) in [5.41, 5.74) is 1.28. The van der Waals surface area contributed by atoms with Crippen molar-refractivity contribution in [3.63, 3.8) is 0 Å². The second kappa shape index (κ2) is 9.46. The van der Waals surface area contributed by atoms with Crippen LogP contribution in [0.3, 0.4) is 0 Å². The number of carbonyl (C=O) groups is 1. The molecule has 0 spiro atoms. The molecular formula is C21H34N4O2S. The summed E-state index contributed by atoms with van der Waals surface area (Å²) in [6, 6.07) is 2.37. The first kappa shape index (κ1) is 20.0. The maximum Gasteiger partial charge on any atom is 0.320 e. The lowest BCUT2D eigenvalue weighted by molar-refractivity contribution is 0.119. The zero-order valence-corrected chi connectivity index (χ0v) is 18.0. The molecule has 0 unspecified atom stereocenters. The fourth-order valence-electron chi connectivity index (χ4n) is 4.38. The molecule has 4 rings (SSSR count). The zero-order valence-electron chi connectivity index (χ0n) is 17.2. The third kappa shape index (κ3) is 4.99. The molecule has 2 amide bonds. The summed E-state index contributed by atoms with van der Waals surface area (Å²) in [5.74, 6) is 0. The van der Waals surface area contributed by atoms with Gasteiger partial charge in [-0.2, -0.15) is 0 Å². The van der Waals surface area contributed by atoms with Crippen molar-refractivity contribution in [1.82, 2.24) is 19.6 Å². The smallest absolute Gasteiger partial charge is 0.320 e. The Morgan fingerprint density at radius 3 is 2.61 bits per heavy atom. The summed E-state index contributed by atoms with van der Waals surface area (Å²) in [6.45, 7) is 9.63. The Labute approximate surface area is 173 Å². The Morgan fingerprint density at radius 2 is 1.82 bits per heavy atom. The average Bonchev–Trinajstić information content (AvgIpc) is 3.14. The third-order valence-electron chi connectivity index (χ3n) is 6.20. The number of urea groups is 1. The molecule has 2 fully saturated rings. The Hall–Kier alpha value is -1.31. The minimum absolute atomic E-state index is 0.203. The third-order valence-corrected chi connectivity index (χ3v) is 7.35. The van der Waals surface area contributed by atoms with Crippen LogP contribution in [0, 0.1) is 0 Å². The Kier molecular flexibility index (Phi) is 6.75. The van der Waals surface area contributed by atoms with Gasteiger partial charge in [-0.15, -0.1) is 11.3 Å². The molecule has 28 heavy (non-hydrogen) atoms. The Morgan fingerprint density at radius 1 is 1.04 bits per heavy atom. The molecule has 0 bridgehead atoms. The maximum atomic E-state index is 12.8. The highest BCUT2D eigenvalue weighted by molar-refractivity contribution is 7.14. The maximum absolute atomic E-state index is 12.8. The number of carbonyl (C=O) groups excluding carboxylic acids is 1. The number of hydrogen-bond donors (Lipinski definition) is 0. The van der Waals surface area contributed by atoms with Crippen molar-refractivity contribution in [3.8, 4) is 5.06 Å². The molecule has 0 atom stereocenters. The molecule has 156 valence electrons. The quantitative estimate of drug-likeness (QED) is 0.705. The molecule has 3 aliphatic rings. The molecule has 0 radical (unpaired) electrons. The van der Waals surface area contributed by atoms with Gasteiger partial charge in [0.2, 0.25) is 0 Å². The van der Waals surface area contributed by atoms with E-state index in [0.717, 1.165) is 70.3 Å². The normalized spacial score (nSPS) is 21.6. The van der Waals surface area contributed by atoms with Crippen LogP contribution in [0.15, 0.2) is 6.07 Å². The number of hydrogen-bond acceptors (Lipinski definition) is 5. The van der Waals surface area contributed by atoms with E-state index in [4.69, 9.17) is 4.74 Å². The van der Waals surface area contributed by atoms with Crippen LogP contribution in [0.5, 0.6) is 5.06 Å². The summed E-state index contributed by atoms with van der Waals surface area (Å²) in [7, 11) is 2.12. The zero-order chi connectivity index (χ0) is 19.3. The summed E-state index contributed by atoms with van der Waals surface area (Å²) >= 11 is 1.78. The minimum atomic E-state index is 0.203. The first-order chi connectivity index (χ1) is 13.7. The predicted octanol–water partition coefficient (Wildman–Crippen LogP) is 2.73. The van der Waals surface area contributed by atoms with Crippen LogP contribution in [-0.2, 0) is 13.0 Å². The number of nitrogens with zero attached hydrogens (tertiary/aromatic N) is 4. The van der Waals surface area contributed by atoms with E-state index in [0.29, 0.717) is 0 Å². The van der Waals surface area contributed by atoms with Crippen molar-refractivity contribution in [1.29, 1.82) is 0 Å². The van der Waals surface area contributed by atoms with E-state index in [2.05, 4.69) is 22.9 Å². The molecule has 1 aromatic rings. The molecule has 6 nitrogen and oxygen atoms in total. The number of piperazine rings is 1. The van der Waals surface area contributed by atoms with Crippen LogP contribution in [0.2, 0.25) is 0 Å². The first-order valence-electron chi connectivity index (χ1n) is 10.9. The molecule has 0 aromatic carbocycles. The number of thiophene rings is 1. The van der Waals surface area contributed by atoms with Crippen LogP contribution in [0.4, 0.5) is 4.79 Å². The van der Waals surface area contributed by atoms with Gasteiger partial charge in [0.1, 0.15) is 0 Å². The van der Waals surface area contributed by atoms with E-state index >= 15 is 0 Å². The Bertz CT molecular complexity index is 651. The first-order valence-corrected chi connectivity index (χ1v) is 11.7. The van der Waals surface area contributed by atoms with Gasteiger partial charge in [-0.05, 0) is 57.5 Å². The van der Waals surface area contributed by atoms with Crippen LogP contribution < -0.4 is 4.74 Å². The van der Waals surface area contributed by atoms with Gasteiger partial charge >= 0.3 is 6.03 Å². The van der Waals surface area contributed by atoms with E-state index in [1.165, 1.54) is 42.8 Å². The van der Waals surface area contributed by atoms with Gasteiger partial charge in [-0.3, -0.25) is 0 Å². The van der Waals surface area contributed by atoms with E-state index < -0.39 is 0 Å². The highest BCUT2D eigenvalue weighted by Gasteiger charge is 2.28. The summed E-state index contributed by atoms with van der Waals surface area (Å²) in [4.78, 5) is 23.1. The molecule has 0 N–H and O–H groups in total. The number of amides is 2. The largest absolute Gasteiger partial charge is 0.484 e. The van der Waals surface area contributed by atoms with E-state index in [1.54, 1.807) is 11.3 Å². The van der Waals surface area contributed by atoms with Crippen LogP contribution >= 0.6 is 11.3 Å². The lowest BCUT2D eigenvalue weighted by Crippen LogP contribution is -2.52. The number of likely N-dealkylation sites (tertiary alicyclic amines) is 1. The van der Waals surface area contributed by atoms with Gasteiger partial charge in [-0.1, -0.05) is 6.42 Å². The van der Waals surface area contributed by atoms with Crippen molar-refractivity contribution in [2.24, 2.45) is 0 Å². The molecule has 3 aliphatic heterocycles. The number of fused-ring (bicyclic) bond motifs is 1. The standard InChI is InChI=1S/C21H34N4O2S/c1-22-11-13-24(14-12-22)21(26)25-10-6-19-18(17-25)16-20(28-19)27-15-5-9-23-7-3-2-4-8-23/h16H,2-15,17H2,1H3. The molecule has 1 aromatic heterocycles. The second-order valence-electron chi connectivity index (χ2n) is 8.36. The van der Waals surface area contributed by atoms with Crippen LogP contribution in [0.1, 0.15) is 36.1 Å². The predicted molar refractivity (Wildman–Crippen MR) is 113 cm³/mol. The Balaban J connectivity index is 1.23. The topological polar surface area (TPSA) is 39.3 Å². The number of rotatable bonds is 5. The summed E-state index contributed by atoms with van der Waals surface area (Å²) in [6.07, 6.45) is 6.14. The van der Waals surface area contributed by atoms with E-state index in [-0.39, 0.29) is 6.03 Å². The van der Waals surface area contributed by atoms with Crippen molar-refractivity contribution in [2.45, 2.75) is 38.6 Å². The monoisotopic (exact) mass is 406 g/mol. The molecule has 4 heterocycles. The van der Waals surface area contributed by atoms with Gasteiger partial charge < -0.3 is 24.3 Å². The van der Waals surface area contributed by atoms with Crippen molar-refractivity contribution >= 4 is 17.4 Å². The molecule has 7 heteroatoms. The minimum Gasteiger partial charge on any atom is -0.484 e. The fraction of sp³-hybridized carbons (Fsp3) is 0.762. The van der Waals surface area contributed by atoms with Gasteiger partial charge in [-0.25, -0.2) is 4.79 Å². The summed E-state index contributed by atoms with van der Waals surface area (Å²) in [5, 5.41) is 1.03. The van der Waals surface area contributed by atoms with Gasteiger partial charge in [0.25, 0.3) is 0 Å². The molecule has 0 aliphatic carbocycles. The van der Waals surface area contributed by atoms with Gasteiger partial charge in [0, 0.05) is 50.7 Å². The lowest BCUT2D eigenvalue weighted by Gasteiger charge is -2.37. The van der Waals surface area contributed by atoms with Crippen molar-refractivity contribution < 1.29 is 9.53 Å². The summed E-state index contributed by atoms with van der Waals surface area (Å²) < 4.78 is 6.05. The number of likely N-dealkylation sites (N-methyl/N-ethyl adjacent to an activating group) is 1. The molecule has 0 saturated carbocycles. The van der Waals surface area contributed by atoms with E-state index in [1.807, 2.05) is 9.80 Å². The number of ether oxygens (including phenoxy) is 1. The average molecular weight is 407 g/mol. The number of piperidine rings is 1. The molecular weight excluding hydrogens is 372 g/mol. The van der Waals surface area contributed by atoms with Crippen molar-refractivity contribution in [3.05, 3.63) is 16.5 Å². The van der Waals surface area contributed by atoms with E-state index in [9.17, 15) is 4.79 Å². The highest BCUT2D eigenvalue weighted by Crippen LogP contribution is 2.33. The lowest BCUT2D eigenvalue weighted by atomic mass is 10.1. The highest BCUT2D eigenvalue weighted by atomic mass is 32.1.